The number of fused-ring (bicyclic) bond motifs is 2. The largest absolute Gasteiger partial charge is 0.353 e. The molecular weight excluding hydrogens is 356 g/mol. The molecule has 2 bridgehead atoms. The van der Waals surface area contributed by atoms with E-state index in [0.29, 0.717) is 17.7 Å². The minimum atomic E-state index is -0.271. The topological polar surface area (TPSA) is 78.6 Å². The summed E-state index contributed by atoms with van der Waals surface area (Å²) in [5.74, 6) is 0.996. The molecule has 1 saturated carbocycles. The zero-order chi connectivity index (χ0) is 20.1. The predicted molar refractivity (Wildman–Crippen MR) is 110 cm³/mol. The predicted octanol–water partition coefficient (Wildman–Crippen LogP) is 2.93. The molecule has 0 N–H and O–H groups in total. The van der Waals surface area contributed by atoms with Crippen LogP contribution < -0.4 is 9.80 Å². The fraction of sp³-hybridized carbons (Fsp3) is 0.800. The van der Waals surface area contributed by atoms with Gasteiger partial charge in [-0.1, -0.05) is 27.7 Å². The molecule has 0 radical (unpaired) electrons. The Labute approximate surface area is 167 Å². The van der Waals surface area contributed by atoms with Gasteiger partial charge >= 0.3 is 5.69 Å². The van der Waals surface area contributed by atoms with E-state index >= 15 is 0 Å². The van der Waals surface area contributed by atoms with Gasteiger partial charge in [0, 0.05) is 38.8 Å². The molecule has 1 aromatic heterocycles. The SMILES string of the molecule is CCN1CCN(c2ncnc(N3CC4(C)CC3CC(C)(C)C4)c2[N+](=O)[O-])CC1. The average molecular weight is 389 g/mol. The second-order valence-electron chi connectivity index (χ2n) is 9.89. The molecule has 3 heterocycles. The Bertz CT molecular complexity index is 761. The highest BCUT2D eigenvalue weighted by Gasteiger charge is 2.51. The van der Waals surface area contributed by atoms with Crippen molar-refractivity contribution in [2.45, 2.75) is 53.0 Å². The van der Waals surface area contributed by atoms with E-state index in [1.807, 2.05) is 0 Å². The van der Waals surface area contributed by atoms with Gasteiger partial charge in [-0.25, -0.2) is 9.97 Å². The summed E-state index contributed by atoms with van der Waals surface area (Å²) in [5, 5.41) is 12.1. The first-order valence-corrected chi connectivity index (χ1v) is 10.4. The van der Waals surface area contributed by atoms with Crippen LogP contribution in [0, 0.1) is 20.9 Å². The molecule has 4 rings (SSSR count). The Morgan fingerprint density at radius 1 is 1.14 bits per heavy atom. The van der Waals surface area contributed by atoms with E-state index in [1.54, 1.807) is 0 Å². The molecule has 154 valence electrons. The summed E-state index contributed by atoms with van der Waals surface area (Å²) in [5.41, 5.74) is 0.535. The minimum absolute atomic E-state index is 0.0846. The molecule has 2 saturated heterocycles. The molecule has 2 unspecified atom stereocenters. The van der Waals surface area contributed by atoms with Crippen LogP contribution in [0.2, 0.25) is 0 Å². The van der Waals surface area contributed by atoms with Gasteiger partial charge in [0.2, 0.25) is 11.6 Å². The molecule has 28 heavy (non-hydrogen) atoms. The highest BCUT2D eigenvalue weighted by atomic mass is 16.6. The Hall–Kier alpha value is -1.96. The zero-order valence-electron chi connectivity index (χ0n) is 17.5. The number of piperazine rings is 1. The van der Waals surface area contributed by atoms with Crippen LogP contribution in [-0.2, 0) is 0 Å². The van der Waals surface area contributed by atoms with Crippen LogP contribution in [0.25, 0.3) is 0 Å². The molecule has 2 atom stereocenters. The van der Waals surface area contributed by atoms with E-state index < -0.39 is 0 Å². The summed E-state index contributed by atoms with van der Waals surface area (Å²) in [6.07, 6.45) is 4.80. The summed E-state index contributed by atoms with van der Waals surface area (Å²) in [4.78, 5) is 27.3. The lowest BCUT2D eigenvalue weighted by atomic mass is 9.65. The number of anilines is 2. The smallest absolute Gasteiger partial charge is 0.348 e. The van der Waals surface area contributed by atoms with Crippen molar-refractivity contribution in [2.75, 3.05) is 49.1 Å². The molecule has 3 fully saturated rings. The summed E-state index contributed by atoms with van der Waals surface area (Å²) in [6.45, 7) is 14.3. The van der Waals surface area contributed by atoms with Crippen LogP contribution in [0.15, 0.2) is 6.33 Å². The van der Waals surface area contributed by atoms with Crippen LogP contribution in [-0.4, -0.2) is 65.1 Å². The van der Waals surface area contributed by atoms with Gasteiger partial charge in [-0.05, 0) is 36.6 Å². The molecule has 3 aliphatic rings. The molecule has 2 aliphatic heterocycles. The maximum absolute atomic E-state index is 12.1. The second-order valence-corrected chi connectivity index (χ2v) is 9.89. The van der Waals surface area contributed by atoms with E-state index in [1.165, 1.54) is 6.33 Å². The molecule has 8 nitrogen and oxygen atoms in total. The first-order valence-electron chi connectivity index (χ1n) is 10.4. The highest BCUT2D eigenvalue weighted by molar-refractivity contribution is 5.72. The van der Waals surface area contributed by atoms with Gasteiger partial charge in [-0.2, -0.15) is 0 Å². The van der Waals surface area contributed by atoms with Crippen molar-refractivity contribution >= 4 is 17.3 Å². The lowest BCUT2D eigenvalue weighted by Crippen LogP contribution is -2.46. The summed E-state index contributed by atoms with van der Waals surface area (Å²) in [7, 11) is 0. The van der Waals surface area contributed by atoms with Crippen molar-refractivity contribution in [3.05, 3.63) is 16.4 Å². The van der Waals surface area contributed by atoms with E-state index in [2.05, 4.69) is 52.4 Å². The van der Waals surface area contributed by atoms with Gasteiger partial charge in [-0.15, -0.1) is 0 Å². The third kappa shape index (κ3) is 3.43. The van der Waals surface area contributed by atoms with Crippen LogP contribution in [0.5, 0.6) is 0 Å². The second kappa shape index (κ2) is 6.83. The number of hydrogen-bond donors (Lipinski definition) is 0. The lowest BCUT2D eigenvalue weighted by Gasteiger charge is -2.39. The third-order valence-electron chi connectivity index (χ3n) is 6.77. The standard InChI is InChI=1S/C20H32N6O2/c1-5-23-6-8-24(9-7-23)17-16(26(27)28)18(22-14-21-17)25-13-20(4)11-15(25)10-19(2,3)12-20/h14-15H,5-13H2,1-4H3. The fourth-order valence-corrected chi connectivity index (χ4v) is 5.95. The first kappa shape index (κ1) is 19.4. The Kier molecular flexibility index (Phi) is 4.72. The zero-order valence-corrected chi connectivity index (χ0v) is 17.5. The monoisotopic (exact) mass is 388 g/mol. The summed E-state index contributed by atoms with van der Waals surface area (Å²) >= 11 is 0. The van der Waals surface area contributed by atoms with E-state index in [-0.39, 0.29) is 21.4 Å². The van der Waals surface area contributed by atoms with Crippen molar-refractivity contribution in [2.24, 2.45) is 10.8 Å². The minimum Gasteiger partial charge on any atom is -0.348 e. The van der Waals surface area contributed by atoms with Gasteiger partial charge in [0.05, 0.1) is 4.92 Å². The normalized spacial score (nSPS) is 29.9. The van der Waals surface area contributed by atoms with Crippen LogP contribution in [0.3, 0.4) is 0 Å². The van der Waals surface area contributed by atoms with Crippen LogP contribution in [0.1, 0.15) is 47.0 Å². The molecule has 0 spiro atoms. The summed E-state index contributed by atoms with van der Waals surface area (Å²) in [6, 6.07) is 0.312. The maximum atomic E-state index is 12.1. The van der Waals surface area contributed by atoms with Gasteiger partial charge < -0.3 is 14.7 Å². The molecule has 0 aromatic carbocycles. The number of hydrogen-bond acceptors (Lipinski definition) is 7. The highest BCUT2D eigenvalue weighted by Crippen LogP contribution is 2.54. The van der Waals surface area contributed by atoms with Gasteiger partial charge in [0.25, 0.3) is 0 Å². The lowest BCUT2D eigenvalue weighted by molar-refractivity contribution is -0.383. The molecular formula is C20H32N6O2. The average Bonchev–Trinajstić information content (AvgIpc) is 2.89. The number of nitro groups is 1. The van der Waals surface area contributed by atoms with Gasteiger partial charge in [0.1, 0.15) is 6.33 Å². The Morgan fingerprint density at radius 3 is 2.46 bits per heavy atom. The van der Waals surface area contributed by atoms with E-state index in [0.717, 1.165) is 58.5 Å². The Balaban J connectivity index is 1.68. The van der Waals surface area contributed by atoms with Crippen molar-refractivity contribution in [1.82, 2.24) is 14.9 Å². The van der Waals surface area contributed by atoms with Crippen LogP contribution in [0.4, 0.5) is 17.3 Å². The number of aromatic nitrogens is 2. The maximum Gasteiger partial charge on any atom is 0.353 e. The van der Waals surface area contributed by atoms with Crippen molar-refractivity contribution in [1.29, 1.82) is 0 Å². The van der Waals surface area contributed by atoms with E-state index in [9.17, 15) is 10.1 Å². The number of nitrogens with zero attached hydrogens (tertiary/aromatic N) is 6. The Morgan fingerprint density at radius 2 is 1.82 bits per heavy atom. The van der Waals surface area contributed by atoms with Gasteiger partial charge in [0.15, 0.2) is 0 Å². The molecule has 1 aliphatic carbocycles. The quantitative estimate of drug-likeness (QED) is 0.579. The van der Waals surface area contributed by atoms with Crippen molar-refractivity contribution in [3.63, 3.8) is 0 Å². The van der Waals surface area contributed by atoms with Crippen molar-refractivity contribution in [3.8, 4) is 0 Å². The molecule has 8 heteroatoms. The number of rotatable bonds is 4. The molecule has 1 aromatic rings. The van der Waals surface area contributed by atoms with E-state index in [4.69, 9.17) is 0 Å². The molecule has 0 amide bonds. The fourth-order valence-electron chi connectivity index (χ4n) is 5.95. The third-order valence-corrected chi connectivity index (χ3v) is 6.77. The first-order chi connectivity index (χ1) is 13.2. The van der Waals surface area contributed by atoms with Crippen LogP contribution >= 0.6 is 0 Å². The number of likely N-dealkylation sites (N-methyl/N-ethyl adjacent to an activating group) is 1. The van der Waals surface area contributed by atoms with Crippen molar-refractivity contribution < 1.29 is 4.92 Å². The summed E-state index contributed by atoms with van der Waals surface area (Å²) < 4.78 is 0. The van der Waals surface area contributed by atoms with Gasteiger partial charge in [-0.3, -0.25) is 10.1 Å².